The number of hydrogen-bond acceptors (Lipinski definition) is 2. The Labute approximate surface area is 79.0 Å². The van der Waals surface area contributed by atoms with E-state index in [1.807, 2.05) is 11.3 Å². The van der Waals surface area contributed by atoms with Crippen LogP contribution in [-0.4, -0.2) is 18.0 Å². The van der Waals surface area contributed by atoms with Crippen LogP contribution in [-0.2, 0) is 6.54 Å². The lowest BCUT2D eigenvalue weighted by molar-refractivity contribution is 0.283. The average molecular weight is 183 g/mol. The molecule has 0 saturated carbocycles. The molecule has 0 aliphatic carbocycles. The van der Waals surface area contributed by atoms with Gasteiger partial charge >= 0.3 is 0 Å². The van der Waals surface area contributed by atoms with E-state index < -0.39 is 0 Å². The molecule has 0 N–H and O–H groups in total. The van der Waals surface area contributed by atoms with E-state index in [9.17, 15) is 0 Å². The van der Waals surface area contributed by atoms with Crippen molar-refractivity contribution in [2.24, 2.45) is 0 Å². The molecular formula is C10H17NS. The molecular weight excluding hydrogens is 166 g/mol. The molecule has 68 valence electrons. The molecule has 0 fully saturated rings. The summed E-state index contributed by atoms with van der Waals surface area (Å²) in [7, 11) is 0. The standard InChI is InChI=1S/C10H17NS/c1-3-7-11(4-2)9-10-6-5-8-12-10/h5-6,8H,3-4,7,9H2,1-2H3. The molecule has 12 heavy (non-hydrogen) atoms. The lowest BCUT2D eigenvalue weighted by atomic mass is 10.3. The highest BCUT2D eigenvalue weighted by molar-refractivity contribution is 7.09. The Balaban J connectivity index is 2.37. The molecule has 0 bridgehead atoms. The van der Waals surface area contributed by atoms with E-state index in [2.05, 4.69) is 36.3 Å². The molecule has 0 saturated heterocycles. The fourth-order valence-electron chi connectivity index (χ4n) is 1.29. The fourth-order valence-corrected chi connectivity index (χ4v) is 2.03. The summed E-state index contributed by atoms with van der Waals surface area (Å²) in [6, 6.07) is 4.34. The van der Waals surface area contributed by atoms with Gasteiger partial charge in [0.15, 0.2) is 0 Å². The Hall–Kier alpha value is -0.340. The van der Waals surface area contributed by atoms with Crippen LogP contribution in [0.2, 0.25) is 0 Å². The number of thiophene rings is 1. The largest absolute Gasteiger partial charge is 0.299 e. The molecule has 2 heteroatoms. The smallest absolute Gasteiger partial charge is 0.0327 e. The van der Waals surface area contributed by atoms with Gasteiger partial charge in [0.2, 0.25) is 0 Å². The Morgan fingerprint density at radius 3 is 2.75 bits per heavy atom. The van der Waals surface area contributed by atoms with Crippen LogP contribution in [0.1, 0.15) is 25.1 Å². The normalized spacial score (nSPS) is 10.9. The number of hydrogen-bond donors (Lipinski definition) is 0. The fraction of sp³-hybridized carbons (Fsp3) is 0.600. The SMILES string of the molecule is CCCN(CC)Cc1cccs1. The van der Waals surface area contributed by atoms with Crippen molar-refractivity contribution in [3.63, 3.8) is 0 Å². The summed E-state index contributed by atoms with van der Waals surface area (Å²) in [6.07, 6.45) is 1.25. The molecule has 0 amide bonds. The lowest BCUT2D eigenvalue weighted by Gasteiger charge is -2.17. The van der Waals surface area contributed by atoms with Gasteiger partial charge in [-0.25, -0.2) is 0 Å². The highest BCUT2D eigenvalue weighted by Crippen LogP contribution is 2.11. The zero-order valence-corrected chi connectivity index (χ0v) is 8.73. The van der Waals surface area contributed by atoms with Gasteiger partial charge in [0.05, 0.1) is 0 Å². The highest BCUT2D eigenvalue weighted by atomic mass is 32.1. The quantitative estimate of drug-likeness (QED) is 0.678. The van der Waals surface area contributed by atoms with Crippen LogP contribution in [0, 0.1) is 0 Å². The molecule has 0 radical (unpaired) electrons. The first kappa shape index (κ1) is 9.75. The predicted octanol–water partition coefficient (Wildman–Crippen LogP) is 2.98. The highest BCUT2D eigenvalue weighted by Gasteiger charge is 2.01. The van der Waals surface area contributed by atoms with Crippen molar-refractivity contribution in [3.8, 4) is 0 Å². The van der Waals surface area contributed by atoms with E-state index in [1.165, 1.54) is 17.8 Å². The minimum atomic E-state index is 1.13. The number of nitrogens with zero attached hydrogens (tertiary/aromatic N) is 1. The summed E-state index contributed by atoms with van der Waals surface area (Å²) in [4.78, 5) is 3.96. The van der Waals surface area contributed by atoms with Gasteiger partial charge in [-0.2, -0.15) is 0 Å². The van der Waals surface area contributed by atoms with Gasteiger partial charge in [-0.1, -0.05) is 19.9 Å². The topological polar surface area (TPSA) is 3.24 Å². The summed E-state index contributed by atoms with van der Waals surface area (Å²) >= 11 is 1.85. The van der Waals surface area contributed by atoms with Crippen molar-refractivity contribution in [1.29, 1.82) is 0 Å². The summed E-state index contributed by atoms with van der Waals surface area (Å²) in [5, 5.41) is 2.15. The van der Waals surface area contributed by atoms with Gasteiger partial charge in [0.1, 0.15) is 0 Å². The molecule has 0 unspecified atom stereocenters. The lowest BCUT2D eigenvalue weighted by Crippen LogP contribution is -2.22. The molecule has 1 rings (SSSR count). The molecule has 0 atom stereocenters. The van der Waals surface area contributed by atoms with Crippen LogP contribution in [0.3, 0.4) is 0 Å². The summed E-state index contributed by atoms with van der Waals surface area (Å²) < 4.78 is 0. The van der Waals surface area contributed by atoms with Gasteiger partial charge in [0, 0.05) is 11.4 Å². The number of rotatable bonds is 5. The molecule has 0 aliphatic heterocycles. The Kier molecular flexibility index (Phi) is 4.33. The first-order valence-corrected chi connectivity index (χ1v) is 5.49. The van der Waals surface area contributed by atoms with Crippen LogP contribution < -0.4 is 0 Å². The van der Waals surface area contributed by atoms with Crippen molar-refractivity contribution in [2.75, 3.05) is 13.1 Å². The van der Waals surface area contributed by atoms with Crippen LogP contribution in [0.4, 0.5) is 0 Å². The molecule has 1 nitrogen and oxygen atoms in total. The molecule has 0 aliphatic rings. The third kappa shape index (κ3) is 2.95. The monoisotopic (exact) mass is 183 g/mol. The average Bonchev–Trinajstić information content (AvgIpc) is 2.56. The predicted molar refractivity (Wildman–Crippen MR) is 55.6 cm³/mol. The maximum Gasteiger partial charge on any atom is 0.0327 e. The van der Waals surface area contributed by atoms with Crippen LogP contribution >= 0.6 is 11.3 Å². The van der Waals surface area contributed by atoms with Crippen LogP contribution in [0.25, 0.3) is 0 Å². The maximum absolute atomic E-state index is 2.48. The molecule has 1 aromatic rings. The maximum atomic E-state index is 2.48. The second-order valence-corrected chi connectivity index (χ2v) is 3.98. The van der Waals surface area contributed by atoms with Crippen LogP contribution in [0.15, 0.2) is 17.5 Å². The first-order valence-electron chi connectivity index (χ1n) is 4.61. The summed E-state index contributed by atoms with van der Waals surface area (Å²) in [5.41, 5.74) is 0. The second-order valence-electron chi connectivity index (χ2n) is 2.95. The molecule has 0 spiro atoms. The van der Waals surface area contributed by atoms with Gasteiger partial charge in [-0.3, -0.25) is 4.90 Å². The van der Waals surface area contributed by atoms with Gasteiger partial charge < -0.3 is 0 Å². The van der Waals surface area contributed by atoms with E-state index in [4.69, 9.17) is 0 Å². The summed E-state index contributed by atoms with van der Waals surface area (Å²) in [6.45, 7) is 7.96. The molecule has 1 aromatic heterocycles. The Bertz CT molecular complexity index is 194. The van der Waals surface area contributed by atoms with Gasteiger partial charge in [-0.15, -0.1) is 11.3 Å². The Morgan fingerprint density at radius 2 is 2.25 bits per heavy atom. The summed E-state index contributed by atoms with van der Waals surface area (Å²) in [5.74, 6) is 0. The van der Waals surface area contributed by atoms with Crippen molar-refractivity contribution in [1.82, 2.24) is 4.90 Å². The third-order valence-corrected chi connectivity index (χ3v) is 2.81. The third-order valence-electron chi connectivity index (χ3n) is 1.95. The first-order chi connectivity index (χ1) is 5.86. The van der Waals surface area contributed by atoms with Gasteiger partial charge in [0.25, 0.3) is 0 Å². The molecule has 1 heterocycles. The van der Waals surface area contributed by atoms with Crippen LogP contribution in [0.5, 0.6) is 0 Å². The second kappa shape index (κ2) is 5.33. The van der Waals surface area contributed by atoms with E-state index in [-0.39, 0.29) is 0 Å². The minimum absolute atomic E-state index is 1.13. The molecule has 0 aromatic carbocycles. The zero-order valence-electron chi connectivity index (χ0n) is 7.92. The van der Waals surface area contributed by atoms with Gasteiger partial charge in [-0.05, 0) is 31.0 Å². The van der Waals surface area contributed by atoms with Crippen molar-refractivity contribution < 1.29 is 0 Å². The van der Waals surface area contributed by atoms with E-state index in [0.29, 0.717) is 0 Å². The minimum Gasteiger partial charge on any atom is -0.299 e. The van der Waals surface area contributed by atoms with E-state index in [1.54, 1.807) is 0 Å². The Morgan fingerprint density at radius 1 is 1.42 bits per heavy atom. The van der Waals surface area contributed by atoms with Crippen molar-refractivity contribution in [2.45, 2.75) is 26.8 Å². The van der Waals surface area contributed by atoms with E-state index in [0.717, 1.165) is 13.1 Å². The van der Waals surface area contributed by atoms with E-state index >= 15 is 0 Å². The van der Waals surface area contributed by atoms with Crippen molar-refractivity contribution >= 4 is 11.3 Å². The zero-order chi connectivity index (χ0) is 8.81. The van der Waals surface area contributed by atoms with Crippen molar-refractivity contribution in [3.05, 3.63) is 22.4 Å².